The standard InChI is InChI=1S/C14H14BrN3OS3/c1-9(15)6-7-20-13-18-17-12(19-13)8-21-14-16-10-4-2-3-5-11(10)22-14/h2-5,9H,6-8H2,1H3. The summed E-state index contributed by atoms with van der Waals surface area (Å²) in [5, 5.41) is 8.80. The fourth-order valence-electron chi connectivity index (χ4n) is 1.70. The topological polar surface area (TPSA) is 51.8 Å². The molecule has 0 saturated heterocycles. The molecule has 2 aromatic heterocycles. The fourth-order valence-corrected chi connectivity index (χ4v) is 5.04. The van der Waals surface area contributed by atoms with Crippen LogP contribution in [-0.2, 0) is 5.75 Å². The molecule has 116 valence electrons. The van der Waals surface area contributed by atoms with Gasteiger partial charge in [0.15, 0.2) is 4.34 Å². The summed E-state index contributed by atoms with van der Waals surface area (Å²) >= 11 is 8.46. The van der Waals surface area contributed by atoms with Crippen molar-refractivity contribution >= 4 is 61.0 Å². The molecule has 1 unspecified atom stereocenters. The molecule has 0 aliphatic rings. The van der Waals surface area contributed by atoms with Crippen LogP contribution in [0.1, 0.15) is 19.2 Å². The Bertz CT molecular complexity index is 711. The Balaban J connectivity index is 1.54. The Morgan fingerprint density at radius 3 is 2.95 bits per heavy atom. The van der Waals surface area contributed by atoms with E-state index in [9.17, 15) is 0 Å². The Hall–Kier alpha value is -0.570. The first-order valence-corrected chi connectivity index (χ1v) is 10.5. The maximum Gasteiger partial charge on any atom is 0.276 e. The number of thiazole rings is 1. The van der Waals surface area contributed by atoms with Gasteiger partial charge in [0.25, 0.3) is 5.22 Å². The minimum atomic E-state index is 0.511. The summed E-state index contributed by atoms with van der Waals surface area (Å²) < 4.78 is 7.88. The van der Waals surface area contributed by atoms with Gasteiger partial charge in [-0.1, -0.05) is 58.5 Å². The Kier molecular flexibility index (Phi) is 5.78. The molecule has 3 aromatic rings. The third kappa shape index (κ3) is 4.47. The van der Waals surface area contributed by atoms with Gasteiger partial charge in [-0.2, -0.15) is 0 Å². The number of fused-ring (bicyclic) bond motifs is 1. The predicted octanol–water partition coefficient (Wildman–Crippen LogP) is 5.24. The van der Waals surface area contributed by atoms with Crippen molar-refractivity contribution in [1.29, 1.82) is 0 Å². The lowest BCUT2D eigenvalue weighted by molar-refractivity contribution is 0.426. The monoisotopic (exact) mass is 415 g/mol. The van der Waals surface area contributed by atoms with Crippen molar-refractivity contribution in [1.82, 2.24) is 15.2 Å². The molecule has 0 radical (unpaired) electrons. The summed E-state index contributed by atoms with van der Waals surface area (Å²) in [7, 11) is 0. The quantitative estimate of drug-likeness (QED) is 0.388. The maximum absolute atomic E-state index is 5.64. The first kappa shape index (κ1) is 16.3. The molecular weight excluding hydrogens is 402 g/mol. The molecular formula is C14H14BrN3OS3. The summed E-state index contributed by atoms with van der Waals surface area (Å²) in [5.74, 6) is 2.28. The molecule has 3 rings (SSSR count). The number of hydrogen-bond acceptors (Lipinski definition) is 7. The van der Waals surface area contributed by atoms with Crippen molar-refractivity contribution < 1.29 is 4.42 Å². The van der Waals surface area contributed by atoms with E-state index < -0.39 is 0 Å². The molecule has 0 N–H and O–H groups in total. The van der Waals surface area contributed by atoms with Gasteiger partial charge in [0.2, 0.25) is 5.89 Å². The third-order valence-corrected chi connectivity index (χ3v) is 6.26. The van der Waals surface area contributed by atoms with Crippen LogP contribution in [0.25, 0.3) is 10.2 Å². The number of nitrogens with zero attached hydrogens (tertiary/aromatic N) is 3. The average Bonchev–Trinajstić information content (AvgIpc) is 3.10. The summed E-state index contributed by atoms with van der Waals surface area (Å²) in [5.41, 5.74) is 1.04. The van der Waals surface area contributed by atoms with Crippen molar-refractivity contribution in [3.63, 3.8) is 0 Å². The number of para-hydroxylation sites is 1. The molecule has 0 fully saturated rings. The van der Waals surface area contributed by atoms with Crippen LogP contribution in [0.5, 0.6) is 0 Å². The molecule has 0 aliphatic heterocycles. The number of hydrogen-bond donors (Lipinski definition) is 0. The van der Waals surface area contributed by atoms with Gasteiger partial charge in [-0.05, 0) is 18.6 Å². The molecule has 22 heavy (non-hydrogen) atoms. The summed E-state index contributed by atoms with van der Waals surface area (Å²) in [6, 6.07) is 8.15. The maximum atomic E-state index is 5.64. The van der Waals surface area contributed by atoms with Crippen LogP contribution in [0.4, 0.5) is 0 Å². The zero-order valence-electron chi connectivity index (χ0n) is 11.9. The Morgan fingerprint density at radius 1 is 1.27 bits per heavy atom. The van der Waals surface area contributed by atoms with Crippen molar-refractivity contribution in [3.05, 3.63) is 30.2 Å². The van der Waals surface area contributed by atoms with Crippen molar-refractivity contribution in [2.75, 3.05) is 5.75 Å². The first-order chi connectivity index (χ1) is 10.7. The number of benzene rings is 1. The van der Waals surface area contributed by atoms with Crippen LogP contribution in [0.3, 0.4) is 0 Å². The lowest BCUT2D eigenvalue weighted by Crippen LogP contribution is -1.91. The summed E-state index contributed by atoms with van der Waals surface area (Å²) in [6.45, 7) is 2.13. The highest BCUT2D eigenvalue weighted by Crippen LogP contribution is 2.31. The second-order valence-corrected chi connectivity index (χ2v) is 9.48. The van der Waals surface area contributed by atoms with Crippen LogP contribution >= 0.6 is 50.8 Å². The second-order valence-electron chi connectivity index (χ2n) is 4.62. The Labute approximate surface area is 149 Å². The molecule has 0 saturated carbocycles. The third-order valence-electron chi connectivity index (χ3n) is 2.78. The van der Waals surface area contributed by atoms with Crippen LogP contribution in [0, 0.1) is 0 Å². The largest absolute Gasteiger partial charge is 0.415 e. The van der Waals surface area contributed by atoms with E-state index in [0.717, 1.165) is 22.0 Å². The zero-order valence-corrected chi connectivity index (χ0v) is 15.9. The number of halogens is 1. The van der Waals surface area contributed by atoms with Crippen LogP contribution in [0.2, 0.25) is 0 Å². The summed E-state index contributed by atoms with van der Waals surface area (Å²) in [4.78, 5) is 5.10. The van der Waals surface area contributed by atoms with Gasteiger partial charge in [0.05, 0.1) is 16.0 Å². The average molecular weight is 416 g/mol. The molecule has 0 amide bonds. The van der Waals surface area contributed by atoms with Gasteiger partial charge in [-0.15, -0.1) is 21.5 Å². The van der Waals surface area contributed by atoms with E-state index >= 15 is 0 Å². The van der Waals surface area contributed by atoms with Gasteiger partial charge in [-0.25, -0.2) is 4.98 Å². The van der Waals surface area contributed by atoms with E-state index in [2.05, 4.69) is 44.1 Å². The van der Waals surface area contributed by atoms with E-state index in [0.29, 0.717) is 21.7 Å². The smallest absolute Gasteiger partial charge is 0.276 e. The molecule has 1 aromatic carbocycles. The Morgan fingerprint density at radius 2 is 2.14 bits per heavy atom. The van der Waals surface area contributed by atoms with Crippen molar-refractivity contribution in [2.45, 2.75) is 33.5 Å². The van der Waals surface area contributed by atoms with E-state index in [1.54, 1.807) is 34.9 Å². The minimum Gasteiger partial charge on any atom is -0.415 e. The number of aromatic nitrogens is 3. The lowest BCUT2D eigenvalue weighted by atomic mass is 10.3. The highest BCUT2D eigenvalue weighted by atomic mass is 79.9. The second kappa shape index (κ2) is 7.81. The van der Waals surface area contributed by atoms with E-state index in [4.69, 9.17) is 4.42 Å². The zero-order chi connectivity index (χ0) is 15.4. The van der Waals surface area contributed by atoms with Crippen molar-refractivity contribution in [3.8, 4) is 0 Å². The van der Waals surface area contributed by atoms with Gasteiger partial charge in [0, 0.05) is 10.6 Å². The lowest BCUT2D eigenvalue weighted by Gasteiger charge is -1.98. The molecule has 0 aliphatic carbocycles. The normalized spacial score (nSPS) is 12.8. The predicted molar refractivity (Wildman–Crippen MR) is 97.2 cm³/mol. The number of rotatable bonds is 7. The molecule has 4 nitrogen and oxygen atoms in total. The van der Waals surface area contributed by atoms with Gasteiger partial charge in [0.1, 0.15) is 0 Å². The fraction of sp³-hybridized carbons (Fsp3) is 0.357. The van der Waals surface area contributed by atoms with Gasteiger partial charge < -0.3 is 4.42 Å². The summed E-state index contributed by atoms with van der Waals surface area (Å²) in [6.07, 6.45) is 1.07. The highest BCUT2D eigenvalue weighted by Gasteiger charge is 2.10. The molecule has 8 heteroatoms. The van der Waals surface area contributed by atoms with Crippen LogP contribution in [-0.4, -0.2) is 25.8 Å². The van der Waals surface area contributed by atoms with E-state index in [1.807, 2.05) is 18.2 Å². The number of thioether (sulfide) groups is 2. The van der Waals surface area contributed by atoms with Crippen molar-refractivity contribution in [2.24, 2.45) is 0 Å². The van der Waals surface area contributed by atoms with E-state index in [-0.39, 0.29) is 0 Å². The SMILES string of the molecule is CC(Br)CCSc1nnc(CSc2nc3ccccc3s2)o1. The molecule has 0 spiro atoms. The molecule has 0 bridgehead atoms. The molecule has 2 heterocycles. The van der Waals surface area contributed by atoms with Crippen LogP contribution in [0.15, 0.2) is 38.2 Å². The molecule has 1 atom stereocenters. The number of alkyl halides is 1. The van der Waals surface area contributed by atoms with Crippen LogP contribution < -0.4 is 0 Å². The highest BCUT2D eigenvalue weighted by molar-refractivity contribution is 9.09. The van der Waals surface area contributed by atoms with Gasteiger partial charge >= 0.3 is 0 Å². The first-order valence-electron chi connectivity index (χ1n) is 6.78. The van der Waals surface area contributed by atoms with Gasteiger partial charge in [-0.3, -0.25) is 0 Å². The van der Waals surface area contributed by atoms with E-state index in [1.165, 1.54) is 4.70 Å². The minimum absolute atomic E-state index is 0.511.